The number of rotatable bonds is 8. The summed E-state index contributed by atoms with van der Waals surface area (Å²) in [7, 11) is 1.64. The number of para-hydroxylation sites is 1. The first kappa shape index (κ1) is 21.3. The van der Waals surface area contributed by atoms with Gasteiger partial charge in [0, 0.05) is 31.7 Å². The Labute approximate surface area is 173 Å². The van der Waals surface area contributed by atoms with Crippen LogP contribution in [0.3, 0.4) is 0 Å². The van der Waals surface area contributed by atoms with E-state index < -0.39 is 5.60 Å². The highest BCUT2D eigenvalue weighted by Crippen LogP contribution is 2.25. The number of benzene rings is 2. The summed E-state index contributed by atoms with van der Waals surface area (Å²) >= 11 is 0. The van der Waals surface area contributed by atoms with Gasteiger partial charge in [-0.15, -0.1) is 0 Å². The first-order chi connectivity index (χ1) is 13.9. The number of methoxy groups -OCH3 is 1. The quantitative estimate of drug-likeness (QED) is 0.717. The smallest absolute Gasteiger partial charge is 0.256 e. The van der Waals surface area contributed by atoms with Crippen molar-refractivity contribution < 1.29 is 14.6 Å². The Hall–Kier alpha value is -2.37. The van der Waals surface area contributed by atoms with Crippen LogP contribution in [0.2, 0.25) is 0 Å². The average molecular weight is 397 g/mol. The Kier molecular flexibility index (Phi) is 6.93. The lowest BCUT2D eigenvalue weighted by Gasteiger charge is -2.38. The maximum atomic E-state index is 13.0. The first-order valence-corrected chi connectivity index (χ1v) is 10.4. The highest BCUT2D eigenvalue weighted by atomic mass is 16.5. The van der Waals surface area contributed by atoms with E-state index in [4.69, 9.17) is 4.74 Å². The van der Waals surface area contributed by atoms with Crippen LogP contribution >= 0.6 is 0 Å². The van der Waals surface area contributed by atoms with Crippen molar-refractivity contribution in [2.24, 2.45) is 0 Å². The molecule has 5 heteroatoms. The highest BCUT2D eigenvalue weighted by molar-refractivity contribution is 5.86. The third kappa shape index (κ3) is 5.17. The van der Waals surface area contributed by atoms with Crippen LogP contribution in [-0.2, 0) is 17.9 Å². The number of nitrogens with zero attached hydrogens (tertiary/aromatic N) is 1. The van der Waals surface area contributed by atoms with Crippen molar-refractivity contribution in [3.63, 3.8) is 0 Å². The largest absolute Gasteiger partial charge is 0.496 e. The Morgan fingerprint density at radius 1 is 1.17 bits per heavy atom. The molecule has 1 heterocycles. The van der Waals surface area contributed by atoms with Crippen LogP contribution in [0.15, 0.2) is 48.5 Å². The molecule has 2 N–H and O–H groups in total. The molecule has 0 aromatic heterocycles. The van der Waals surface area contributed by atoms with Gasteiger partial charge in [-0.2, -0.15) is 0 Å². The SMILES string of the molecule is COc1ccccc1CNC[C@]1(O)CCCN(Cc2ccc(C(C)C)cc2)C1=O. The molecule has 1 amide bonds. The molecule has 1 aliphatic rings. The van der Waals surface area contributed by atoms with Gasteiger partial charge in [-0.05, 0) is 36.0 Å². The fourth-order valence-corrected chi connectivity index (χ4v) is 3.86. The van der Waals surface area contributed by atoms with Crippen molar-refractivity contribution in [3.8, 4) is 5.75 Å². The van der Waals surface area contributed by atoms with E-state index in [0.29, 0.717) is 32.0 Å². The van der Waals surface area contributed by atoms with Crippen molar-refractivity contribution in [2.75, 3.05) is 20.2 Å². The molecule has 1 aliphatic heterocycles. The molecule has 3 rings (SSSR count). The zero-order valence-electron chi connectivity index (χ0n) is 17.6. The summed E-state index contributed by atoms with van der Waals surface area (Å²) in [6.45, 7) is 6.32. The summed E-state index contributed by atoms with van der Waals surface area (Å²) in [5.74, 6) is 1.10. The van der Waals surface area contributed by atoms with E-state index in [2.05, 4.69) is 43.4 Å². The molecule has 0 unspecified atom stereocenters. The minimum Gasteiger partial charge on any atom is -0.496 e. The molecule has 156 valence electrons. The maximum Gasteiger partial charge on any atom is 0.256 e. The number of carbonyl (C=O) groups is 1. The first-order valence-electron chi connectivity index (χ1n) is 10.4. The van der Waals surface area contributed by atoms with Gasteiger partial charge in [0.2, 0.25) is 0 Å². The molecule has 0 radical (unpaired) electrons. The molecule has 1 atom stereocenters. The van der Waals surface area contributed by atoms with Crippen molar-refractivity contribution >= 4 is 5.91 Å². The second-order valence-corrected chi connectivity index (χ2v) is 8.17. The van der Waals surface area contributed by atoms with Crippen LogP contribution in [0.25, 0.3) is 0 Å². The molecule has 5 nitrogen and oxygen atoms in total. The lowest BCUT2D eigenvalue weighted by atomic mass is 9.91. The van der Waals surface area contributed by atoms with Gasteiger partial charge in [-0.1, -0.05) is 56.3 Å². The number of amides is 1. The molecule has 1 saturated heterocycles. The Morgan fingerprint density at radius 2 is 1.90 bits per heavy atom. The summed E-state index contributed by atoms with van der Waals surface area (Å²) in [5.41, 5.74) is 2.02. The van der Waals surface area contributed by atoms with E-state index in [9.17, 15) is 9.90 Å². The van der Waals surface area contributed by atoms with E-state index in [1.54, 1.807) is 12.0 Å². The van der Waals surface area contributed by atoms with E-state index in [-0.39, 0.29) is 12.5 Å². The molecule has 0 saturated carbocycles. The number of ether oxygens (including phenoxy) is 1. The molecule has 2 aromatic carbocycles. The van der Waals surface area contributed by atoms with Gasteiger partial charge in [0.1, 0.15) is 5.75 Å². The second-order valence-electron chi connectivity index (χ2n) is 8.17. The zero-order chi connectivity index (χ0) is 20.9. The normalized spacial score (nSPS) is 19.6. The van der Waals surface area contributed by atoms with Crippen LogP contribution in [0.1, 0.15) is 49.3 Å². The molecular formula is C24H32N2O3. The predicted molar refractivity (Wildman–Crippen MR) is 115 cm³/mol. The molecule has 0 spiro atoms. The van der Waals surface area contributed by atoms with Crippen molar-refractivity contribution in [1.29, 1.82) is 0 Å². The number of hydrogen-bond donors (Lipinski definition) is 2. The number of nitrogens with one attached hydrogen (secondary N) is 1. The van der Waals surface area contributed by atoms with Crippen molar-refractivity contribution in [3.05, 3.63) is 65.2 Å². The van der Waals surface area contributed by atoms with Crippen LogP contribution in [-0.4, -0.2) is 41.7 Å². The number of carbonyl (C=O) groups excluding carboxylic acids is 1. The summed E-state index contributed by atoms with van der Waals surface area (Å²) in [6.07, 6.45) is 1.27. The van der Waals surface area contributed by atoms with Gasteiger partial charge in [0.05, 0.1) is 7.11 Å². The van der Waals surface area contributed by atoms with Crippen LogP contribution in [0.4, 0.5) is 0 Å². The Bertz CT molecular complexity index is 819. The standard InChI is InChI=1S/C24H32N2O3/c1-18(2)20-11-9-19(10-12-20)16-26-14-6-13-24(28,23(26)27)17-25-15-21-7-4-5-8-22(21)29-3/h4-5,7-12,18,25,28H,6,13-17H2,1-3H3/t24-/m1/s1. The highest BCUT2D eigenvalue weighted by Gasteiger charge is 2.41. The summed E-state index contributed by atoms with van der Waals surface area (Å²) in [6, 6.07) is 16.2. The fraction of sp³-hybridized carbons (Fsp3) is 0.458. The molecule has 0 bridgehead atoms. The van der Waals surface area contributed by atoms with Gasteiger partial charge in [-0.3, -0.25) is 4.79 Å². The third-order valence-electron chi connectivity index (χ3n) is 5.65. The average Bonchev–Trinajstić information content (AvgIpc) is 2.72. The van der Waals surface area contributed by atoms with Gasteiger partial charge >= 0.3 is 0 Å². The van der Waals surface area contributed by atoms with Crippen molar-refractivity contribution in [2.45, 2.75) is 51.3 Å². The van der Waals surface area contributed by atoms with Gasteiger partial charge in [0.25, 0.3) is 5.91 Å². The van der Waals surface area contributed by atoms with Crippen LogP contribution < -0.4 is 10.1 Å². The summed E-state index contributed by atoms with van der Waals surface area (Å²) in [4.78, 5) is 14.8. The van der Waals surface area contributed by atoms with Crippen molar-refractivity contribution in [1.82, 2.24) is 10.2 Å². The molecule has 29 heavy (non-hydrogen) atoms. The topological polar surface area (TPSA) is 61.8 Å². The molecule has 0 aliphatic carbocycles. The van der Waals surface area contributed by atoms with E-state index in [0.717, 1.165) is 23.3 Å². The maximum absolute atomic E-state index is 13.0. The predicted octanol–water partition coefficient (Wildman–Crippen LogP) is 3.46. The van der Waals surface area contributed by atoms with Gasteiger partial charge < -0.3 is 20.1 Å². The Balaban J connectivity index is 1.60. The number of hydrogen-bond acceptors (Lipinski definition) is 4. The second kappa shape index (κ2) is 9.42. The number of likely N-dealkylation sites (tertiary alicyclic amines) is 1. The molecular weight excluding hydrogens is 364 g/mol. The van der Waals surface area contributed by atoms with E-state index in [1.165, 1.54) is 5.56 Å². The summed E-state index contributed by atoms with van der Waals surface area (Å²) in [5, 5.41) is 14.3. The van der Waals surface area contributed by atoms with Gasteiger partial charge in [-0.25, -0.2) is 0 Å². The third-order valence-corrected chi connectivity index (χ3v) is 5.65. The van der Waals surface area contributed by atoms with E-state index in [1.807, 2.05) is 24.3 Å². The number of aliphatic hydroxyl groups is 1. The summed E-state index contributed by atoms with van der Waals surface area (Å²) < 4.78 is 5.36. The van der Waals surface area contributed by atoms with Crippen LogP contribution in [0.5, 0.6) is 5.75 Å². The lowest BCUT2D eigenvalue weighted by Crippen LogP contribution is -2.57. The Morgan fingerprint density at radius 3 is 2.59 bits per heavy atom. The van der Waals surface area contributed by atoms with E-state index >= 15 is 0 Å². The lowest BCUT2D eigenvalue weighted by molar-refractivity contribution is -0.157. The van der Waals surface area contributed by atoms with Crippen LogP contribution in [0, 0.1) is 0 Å². The zero-order valence-corrected chi connectivity index (χ0v) is 17.6. The number of piperidine rings is 1. The monoisotopic (exact) mass is 396 g/mol. The fourth-order valence-electron chi connectivity index (χ4n) is 3.86. The minimum atomic E-state index is -1.36. The van der Waals surface area contributed by atoms with Gasteiger partial charge in [0.15, 0.2) is 5.60 Å². The molecule has 2 aromatic rings. The minimum absolute atomic E-state index is 0.191. The molecule has 1 fully saturated rings.